The van der Waals surface area contributed by atoms with Crippen molar-refractivity contribution in [1.29, 1.82) is 0 Å². The molecule has 1 aliphatic rings. The molecule has 0 aliphatic carbocycles. The summed E-state index contributed by atoms with van der Waals surface area (Å²) in [6, 6.07) is 0. The number of pyridine rings is 1. The third-order valence-electron chi connectivity index (χ3n) is 3.40. The van der Waals surface area contributed by atoms with E-state index in [4.69, 9.17) is 15.2 Å². The van der Waals surface area contributed by atoms with Crippen LogP contribution in [0.3, 0.4) is 0 Å². The van der Waals surface area contributed by atoms with Gasteiger partial charge in [0.15, 0.2) is 0 Å². The molecule has 1 saturated heterocycles. The summed E-state index contributed by atoms with van der Waals surface area (Å²) in [6.07, 6.45) is 1.83. The minimum absolute atomic E-state index is 0.0709. The Labute approximate surface area is 115 Å². The van der Waals surface area contributed by atoms with Gasteiger partial charge in [-0.25, -0.2) is 4.98 Å². The van der Waals surface area contributed by atoms with Gasteiger partial charge in [0, 0.05) is 27.3 Å². The van der Waals surface area contributed by atoms with E-state index in [2.05, 4.69) is 25.8 Å². The number of hydrogen-bond acceptors (Lipinski definition) is 5. The predicted molar refractivity (Wildman–Crippen MR) is 74.9 cm³/mol. The number of hydrogen-bond donors (Lipinski definition) is 1. The molecule has 1 aliphatic heterocycles. The van der Waals surface area contributed by atoms with Gasteiger partial charge in [-0.2, -0.15) is 0 Å². The highest BCUT2D eigenvalue weighted by atomic mass is 79.9. The summed E-state index contributed by atoms with van der Waals surface area (Å²) in [5.41, 5.74) is 7.53. The van der Waals surface area contributed by atoms with Crippen LogP contribution in [-0.4, -0.2) is 44.5 Å². The zero-order valence-corrected chi connectivity index (χ0v) is 12.4. The standard InChI is InChI=1S/C12H18BrN3O2/c1-7-8(14)4-15-12(11(7)13)16-5-9(17-2)10(6-16)18-3/h4,9-10H,5-6,14H2,1-3H3. The first-order valence-electron chi connectivity index (χ1n) is 5.79. The molecule has 2 rings (SSSR count). The summed E-state index contributed by atoms with van der Waals surface area (Å²) in [5.74, 6) is 0.892. The summed E-state index contributed by atoms with van der Waals surface area (Å²) in [7, 11) is 3.41. The largest absolute Gasteiger partial charge is 0.397 e. The lowest BCUT2D eigenvalue weighted by molar-refractivity contribution is -0.00461. The van der Waals surface area contributed by atoms with E-state index in [1.165, 1.54) is 0 Å². The second kappa shape index (κ2) is 5.42. The lowest BCUT2D eigenvalue weighted by atomic mass is 10.2. The van der Waals surface area contributed by atoms with Gasteiger partial charge in [-0.05, 0) is 28.4 Å². The van der Waals surface area contributed by atoms with Gasteiger partial charge in [0.25, 0.3) is 0 Å². The first-order valence-corrected chi connectivity index (χ1v) is 6.58. The molecule has 1 aromatic rings. The molecule has 0 aromatic carbocycles. The molecule has 6 heteroatoms. The number of nitrogens with zero attached hydrogens (tertiary/aromatic N) is 2. The molecule has 2 N–H and O–H groups in total. The minimum atomic E-state index is 0.0709. The smallest absolute Gasteiger partial charge is 0.143 e. The second-order valence-corrected chi connectivity index (χ2v) is 5.22. The van der Waals surface area contributed by atoms with Crippen LogP contribution >= 0.6 is 15.9 Å². The van der Waals surface area contributed by atoms with Gasteiger partial charge in [0.1, 0.15) is 18.0 Å². The average molecular weight is 316 g/mol. The molecule has 1 aromatic heterocycles. The van der Waals surface area contributed by atoms with Crippen LogP contribution in [0.15, 0.2) is 10.7 Å². The molecule has 2 atom stereocenters. The average Bonchev–Trinajstić information content (AvgIpc) is 2.79. The zero-order valence-electron chi connectivity index (χ0n) is 10.8. The van der Waals surface area contributed by atoms with Gasteiger partial charge in [-0.1, -0.05) is 0 Å². The van der Waals surface area contributed by atoms with Crippen LogP contribution in [0, 0.1) is 6.92 Å². The molecule has 0 saturated carbocycles. The van der Waals surface area contributed by atoms with Crippen LogP contribution in [0.2, 0.25) is 0 Å². The Bertz CT molecular complexity index is 430. The second-order valence-electron chi connectivity index (χ2n) is 4.43. The number of nitrogens with two attached hydrogens (primary N) is 1. The Morgan fingerprint density at radius 2 is 1.89 bits per heavy atom. The molecule has 2 heterocycles. The molecular weight excluding hydrogens is 298 g/mol. The quantitative estimate of drug-likeness (QED) is 0.917. The Hall–Kier alpha value is -0.850. The van der Waals surface area contributed by atoms with Crippen molar-refractivity contribution < 1.29 is 9.47 Å². The summed E-state index contributed by atoms with van der Waals surface area (Å²) >= 11 is 3.56. The van der Waals surface area contributed by atoms with Crippen LogP contribution < -0.4 is 10.6 Å². The molecule has 0 amide bonds. The first-order chi connectivity index (χ1) is 8.58. The fraction of sp³-hybridized carbons (Fsp3) is 0.583. The third kappa shape index (κ3) is 2.32. The van der Waals surface area contributed by atoms with Gasteiger partial charge in [0.2, 0.25) is 0 Å². The molecule has 1 fully saturated rings. The van der Waals surface area contributed by atoms with Gasteiger partial charge >= 0.3 is 0 Å². The monoisotopic (exact) mass is 315 g/mol. The third-order valence-corrected chi connectivity index (χ3v) is 4.35. The summed E-state index contributed by atoms with van der Waals surface area (Å²) in [4.78, 5) is 6.55. The number of rotatable bonds is 3. The molecule has 18 heavy (non-hydrogen) atoms. The highest BCUT2D eigenvalue weighted by Gasteiger charge is 2.34. The van der Waals surface area contributed by atoms with Crippen molar-refractivity contribution in [3.8, 4) is 0 Å². The number of ether oxygens (including phenoxy) is 2. The Balaban J connectivity index is 2.26. The van der Waals surface area contributed by atoms with Crippen molar-refractivity contribution in [3.05, 3.63) is 16.2 Å². The van der Waals surface area contributed by atoms with Gasteiger partial charge in [-0.15, -0.1) is 0 Å². The molecular formula is C12H18BrN3O2. The van der Waals surface area contributed by atoms with Gasteiger partial charge in [0.05, 0.1) is 16.4 Å². The van der Waals surface area contributed by atoms with E-state index >= 15 is 0 Å². The molecule has 0 radical (unpaired) electrons. The van der Waals surface area contributed by atoms with E-state index in [9.17, 15) is 0 Å². The van der Waals surface area contributed by atoms with Crippen LogP contribution in [0.5, 0.6) is 0 Å². The van der Waals surface area contributed by atoms with Crippen molar-refractivity contribution in [2.45, 2.75) is 19.1 Å². The molecule has 0 spiro atoms. The normalized spacial score (nSPS) is 23.7. The van der Waals surface area contributed by atoms with Crippen LogP contribution in [0.1, 0.15) is 5.56 Å². The topological polar surface area (TPSA) is 60.6 Å². The van der Waals surface area contributed by atoms with Crippen LogP contribution in [-0.2, 0) is 9.47 Å². The summed E-state index contributed by atoms with van der Waals surface area (Å²) in [6.45, 7) is 3.51. The highest BCUT2D eigenvalue weighted by molar-refractivity contribution is 9.10. The van der Waals surface area contributed by atoms with E-state index in [0.29, 0.717) is 5.69 Å². The molecule has 0 bridgehead atoms. The lowest BCUT2D eigenvalue weighted by Gasteiger charge is -2.19. The highest BCUT2D eigenvalue weighted by Crippen LogP contribution is 2.33. The maximum absolute atomic E-state index is 5.83. The maximum atomic E-state index is 5.83. The van der Waals surface area contributed by atoms with Gasteiger partial charge in [-0.3, -0.25) is 0 Å². The predicted octanol–water partition coefficient (Wildman–Crippen LogP) is 1.58. The fourth-order valence-corrected chi connectivity index (χ4v) is 2.75. The van der Waals surface area contributed by atoms with E-state index in [-0.39, 0.29) is 12.2 Å². The van der Waals surface area contributed by atoms with Gasteiger partial charge < -0.3 is 20.1 Å². The van der Waals surface area contributed by atoms with Crippen LogP contribution in [0.25, 0.3) is 0 Å². The SMILES string of the molecule is COC1CN(c2ncc(N)c(C)c2Br)CC1OC. The minimum Gasteiger partial charge on any atom is -0.397 e. The summed E-state index contributed by atoms with van der Waals surface area (Å²) in [5, 5.41) is 0. The van der Waals surface area contributed by atoms with Crippen molar-refractivity contribution in [3.63, 3.8) is 0 Å². The van der Waals surface area contributed by atoms with E-state index < -0.39 is 0 Å². The maximum Gasteiger partial charge on any atom is 0.143 e. The lowest BCUT2D eigenvalue weighted by Crippen LogP contribution is -2.27. The van der Waals surface area contributed by atoms with Crippen molar-refractivity contribution in [1.82, 2.24) is 4.98 Å². The first kappa shape index (κ1) is 13.6. The Morgan fingerprint density at radius 3 is 2.39 bits per heavy atom. The Morgan fingerprint density at radius 1 is 1.33 bits per heavy atom. The molecule has 2 unspecified atom stereocenters. The fourth-order valence-electron chi connectivity index (χ4n) is 2.17. The van der Waals surface area contributed by atoms with Crippen molar-refractivity contribution in [2.24, 2.45) is 0 Å². The molecule has 100 valence electrons. The number of anilines is 2. The summed E-state index contributed by atoms with van der Waals surface area (Å²) < 4.78 is 11.8. The van der Waals surface area contributed by atoms with E-state index in [1.54, 1.807) is 20.4 Å². The zero-order chi connectivity index (χ0) is 13.3. The van der Waals surface area contributed by atoms with Crippen LogP contribution in [0.4, 0.5) is 11.5 Å². The van der Waals surface area contributed by atoms with E-state index in [1.807, 2.05) is 6.92 Å². The number of aromatic nitrogens is 1. The van der Waals surface area contributed by atoms with Crippen molar-refractivity contribution in [2.75, 3.05) is 37.9 Å². The Kier molecular flexibility index (Phi) is 4.09. The number of methoxy groups -OCH3 is 2. The molecule has 5 nitrogen and oxygen atoms in total. The van der Waals surface area contributed by atoms with Crippen molar-refractivity contribution >= 4 is 27.4 Å². The number of nitrogen functional groups attached to an aromatic ring is 1. The van der Waals surface area contributed by atoms with E-state index in [0.717, 1.165) is 28.9 Å². The number of halogens is 1.